The van der Waals surface area contributed by atoms with Gasteiger partial charge in [0.25, 0.3) is 0 Å². The predicted octanol–water partition coefficient (Wildman–Crippen LogP) is 4.28. The maximum absolute atomic E-state index is 12.0. The molecule has 0 bridgehead atoms. The van der Waals surface area contributed by atoms with E-state index in [-0.39, 0.29) is 0 Å². The van der Waals surface area contributed by atoms with Crippen LogP contribution in [-0.4, -0.2) is 13.2 Å². The first-order chi connectivity index (χ1) is 7.54. The van der Waals surface area contributed by atoms with Crippen LogP contribution in [0.4, 0.5) is 0 Å². The Morgan fingerprint density at radius 2 is 1.56 bits per heavy atom. The SMILES string of the molecule is C=C(C)OP(=O)(OCCCC)OCCCC. The number of allylic oxidation sites excluding steroid dienone is 1. The second-order valence-corrected chi connectivity index (χ2v) is 5.21. The van der Waals surface area contributed by atoms with Gasteiger partial charge in [0.2, 0.25) is 0 Å². The largest absolute Gasteiger partial charge is 0.529 e. The van der Waals surface area contributed by atoms with E-state index in [9.17, 15) is 4.57 Å². The molecule has 4 nitrogen and oxygen atoms in total. The minimum atomic E-state index is -3.43. The van der Waals surface area contributed by atoms with Gasteiger partial charge in [-0.15, -0.1) is 0 Å². The summed E-state index contributed by atoms with van der Waals surface area (Å²) in [5.74, 6) is 0.344. The standard InChI is InChI=1S/C11H23O4P/c1-5-7-9-13-16(12,15-11(3)4)14-10-8-6-2/h3,5-10H2,1-2,4H3. The zero-order chi connectivity index (χ0) is 12.4. The molecular formula is C11H23O4P. The van der Waals surface area contributed by atoms with Crippen LogP contribution in [0, 0.1) is 0 Å². The van der Waals surface area contributed by atoms with E-state index < -0.39 is 7.82 Å². The van der Waals surface area contributed by atoms with Gasteiger partial charge in [0.15, 0.2) is 0 Å². The number of rotatable bonds is 10. The number of hydrogen-bond acceptors (Lipinski definition) is 4. The van der Waals surface area contributed by atoms with Crippen molar-refractivity contribution in [1.29, 1.82) is 0 Å². The summed E-state index contributed by atoms with van der Waals surface area (Å²) in [6.45, 7) is 10.00. The van der Waals surface area contributed by atoms with Crippen LogP contribution in [-0.2, 0) is 18.1 Å². The average molecular weight is 250 g/mol. The van der Waals surface area contributed by atoms with Gasteiger partial charge in [0, 0.05) is 0 Å². The molecule has 0 N–H and O–H groups in total. The number of phosphoric acid groups is 1. The molecule has 0 aliphatic heterocycles. The molecular weight excluding hydrogens is 227 g/mol. The normalized spacial score (nSPS) is 11.4. The third-order valence-corrected chi connectivity index (χ3v) is 3.30. The molecule has 0 atom stereocenters. The lowest BCUT2D eigenvalue weighted by Gasteiger charge is -2.18. The van der Waals surface area contributed by atoms with Crippen LogP contribution in [0.25, 0.3) is 0 Å². The van der Waals surface area contributed by atoms with Gasteiger partial charge in [-0.2, -0.15) is 0 Å². The van der Waals surface area contributed by atoms with Crippen molar-refractivity contribution in [3.8, 4) is 0 Å². The van der Waals surface area contributed by atoms with E-state index in [1.807, 2.05) is 13.8 Å². The van der Waals surface area contributed by atoms with Crippen LogP contribution >= 0.6 is 7.82 Å². The topological polar surface area (TPSA) is 44.8 Å². The molecule has 0 rings (SSSR count). The highest BCUT2D eigenvalue weighted by Gasteiger charge is 2.27. The molecule has 0 aliphatic rings. The summed E-state index contributed by atoms with van der Waals surface area (Å²) in [6.07, 6.45) is 3.62. The Morgan fingerprint density at radius 3 is 1.88 bits per heavy atom. The number of phosphoric ester groups is 1. The van der Waals surface area contributed by atoms with Crippen molar-refractivity contribution >= 4 is 7.82 Å². The fourth-order valence-electron chi connectivity index (χ4n) is 0.922. The first-order valence-electron chi connectivity index (χ1n) is 5.78. The molecule has 0 heterocycles. The minimum absolute atomic E-state index is 0.344. The molecule has 0 saturated heterocycles. The smallest absolute Gasteiger partial charge is 0.409 e. The fourth-order valence-corrected chi connectivity index (χ4v) is 2.19. The number of unbranched alkanes of at least 4 members (excludes halogenated alkanes) is 2. The van der Waals surface area contributed by atoms with Crippen molar-refractivity contribution in [2.24, 2.45) is 0 Å². The van der Waals surface area contributed by atoms with Gasteiger partial charge >= 0.3 is 7.82 Å². The van der Waals surface area contributed by atoms with E-state index in [0.717, 1.165) is 25.7 Å². The molecule has 0 aromatic rings. The summed E-state index contributed by atoms with van der Waals surface area (Å²) < 4.78 is 27.4. The third-order valence-electron chi connectivity index (χ3n) is 1.76. The predicted molar refractivity (Wildman–Crippen MR) is 65.2 cm³/mol. The van der Waals surface area contributed by atoms with E-state index in [4.69, 9.17) is 13.6 Å². The van der Waals surface area contributed by atoms with E-state index in [0.29, 0.717) is 19.0 Å². The van der Waals surface area contributed by atoms with Gasteiger partial charge in [-0.05, 0) is 19.8 Å². The fraction of sp³-hybridized carbons (Fsp3) is 0.818. The highest BCUT2D eigenvalue weighted by molar-refractivity contribution is 7.48. The zero-order valence-corrected chi connectivity index (χ0v) is 11.4. The molecule has 0 amide bonds. The van der Waals surface area contributed by atoms with Crippen molar-refractivity contribution < 1.29 is 18.1 Å². The molecule has 0 unspecified atom stereocenters. The molecule has 0 radical (unpaired) electrons. The average Bonchev–Trinajstić information content (AvgIpc) is 2.17. The van der Waals surface area contributed by atoms with Crippen molar-refractivity contribution in [3.05, 3.63) is 12.3 Å². The van der Waals surface area contributed by atoms with Crippen LogP contribution in [0.3, 0.4) is 0 Å². The molecule has 0 aromatic carbocycles. The van der Waals surface area contributed by atoms with Crippen molar-refractivity contribution in [1.82, 2.24) is 0 Å². The van der Waals surface area contributed by atoms with Gasteiger partial charge < -0.3 is 4.52 Å². The Balaban J connectivity index is 4.13. The summed E-state index contributed by atoms with van der Waals surface area (Å²) in [7, 11) is -3.43. The van der Waals surface area contributed by atoms with Gasteiger partial charge in [-0.1, -0.05) is 33.3 Å². The highest BCUT2D eigenvalue weighted by Crippen LogP contribution is 2.51. The van der Waals surface area contributed by atoms with Crippen molar-refractivity contribution in [3.63, 3.8) is 0 Å². The van der Waals surface area contributed by atoms with Gasteiger partial charge in [-0.3, -0.25) is 9.05 Å². The Bertz CT molecular complexity index is 226. The first kappa shape index (κ1) is 15.7. The van der Waals surface area contributed by atoms with Gasteiger partial charge in [0.05, 0.1) is 19.0 Å². The van der Waals surface area contributed by atoms with Crippen molar-refractivity contribution in [2.75, 3.05) is 13.2 Å². The summed E-state index contributed by atoms with van der Waals surface area (Å²) in [6, 6.07) is 0. The first-order valence-corrected chi connectivity index (χ1v) is 7.24. The molecule has 5 heteroatoms. The van der Waals surface area contributed by atoms with Crippen LogP contribution in [0.15, 0.2) is 12.3 Å². The lowest BCUT2D eigenvalue weighted by atomic mass is 10.4. The van der Waals surface area contributed by atoms with E-state index in [1.165, 1.54) is 0 Å². The summed E-state index contributed by atoms with van der Waals surface area (Å²) in [5, 5.41) is 0. The maximum Gasteiger partial charge on any atom is 0.529 e. The molecule has 0 spiro atoms. The van der Waals surface area contributed by atoms with Crippen LogP contribution < -0.4 is 0 Å². The third kappa shape index (κ3) is 7.91. The van der Waals surface area contributed by atoms with Crippen LogP contribution in [0.2, 0.25) is 0 Å². The van der Waals surface area contributed by atoms with E-state index in [1.54, 1.807) is 6.92 Å². The lowest BCUT2D eigenvalue weighted by Crippen LogP contribution is -2.01. The minimum Gasteiger partial charge on any atom is -0.409 e. The monoisotopic (exact) mass is 250 g/mol. The van der Waals surface area contributed by atoms with E-state index in [2.05, 4.69) is 6.58 Å². The summed E-state index contributed by atoms with van der Waals surface area (Å²) >= 11 is 0. The van der Waals surface area contributed by atoms with Crippen LogP contribution in [0.1, 0.15) is 46.5 Å². The van der Waals surface area contributed by atoms with E-state index >= 15 is 0 Å². The second-order valence-electron chi connectivity index (χ2n) is 3.61. The molecule has 16 heavy (non-hydrogen) atoms. The quantitative estimate of drug-likeness (QED) is 0.330. The molecule has 0 fully saturated rings. The molecule has 0 aliphatic carbocycles. The molecule has 0 saturated carbocycles. The molecule has 0 aromatic heterocycles. The van der Waals surface area contributed by atoms with Gasteiger partial charge in [0.1, 0.15) is 0 Å². The summed E-state index contributed by atoms with van der Waals surface area (Å²) in [4.78, 5) is 0. The Hall–Kier alpha value is -0.310. The Labute approximate surface area is 98.6 Å². The zero-order valence-electron chi connectivity index (χ0n) is 10.5. The highest BCUT2D eigenvalue weighted by atomic mass is 31.2. The number of hydrogen-bond donors (Lipinski definition) is 0. The second kappa shape index (κ2) is 8.80. The Kier molecular flexibility index (Phi) is 8.63. The van der Waals surface area contributed by atoms with Gasteiger partial charge in [-0.25, -0.2) is 4.57 Å². The Morgan fingerprint density at radius 1 is 1.12 bits per heavy atom. The summed E-state index contributed by atoms with van der Waals surface area (Å²) in [5.41, 5.74) is 0. The molecule has 96 valence electrons. The lowest BCUT2D eigenvalue weighted by molar-refractivity contribution is 0.133. The van der Waals surface area contributed by atoms with Crippen molar-refractivity contribution in [2.45, 2.75) is 46.5 Å². The van der Waals surface area contributed by atoms with Crippen LogP contribution in [0.5, 0.6) is 0 Å². The maximum atomic E-state index is 12.0.